The van der Waals surface area contributed by atoms with Crippen LogP contribution in [0.25, 0.3) is 33.8 Å². The number of hydrogen-bond donors (Lipinski definition) is 2. The number of aromatic amines is 1. The van der Waals surface area contributed by atoms with E-state index in [1.54, 1.807) is 17.1 Å². The summed E-state index contributed by atoms with van der Waals surface area (Å²) in [4.78, 5) is 26.2. The van der Waals surface area contributed by atoms with Crippen LogP contribution in [0.15, 0.2) is 49.1 Å². The third-order valence-electron chi connectivity index (χ3n) is 5.90. The van der Waals surface area contributed by atoms with Gasteiger partial charge in [-0.2, -0.15) is 10.2 Å². The number of H-pyrrole nitrogens is 1. The predicted molar refractivity (Wildman–Crippen MR) is 125 cm³/mol. The molecular formula is C23H25N9O. The molecule has 0 atom stereocenters. The van der Waals surface area contributed by atoms with Crippen molar-refractivity contribution in [3.63, 3.8) is 0 Å². The first-order chi connectivity index (χ1) is 16.0. The summed E-state index contributed by atoms with van der Waals surface area (Å²) in [5, 5.41) is 11.3. The van der Waals surface area contributed by atoms with Gasteiger partial charge in [0.2, 0.25) is 0 Å². The maximum Gasteiger partial charge on any atom is 0.267 e. The van der Waals surface area contributed by atoms with Gasteiger partial charge in [-0.25, -0.2) is 4.98 Å². The molecule has 5 rings (SSSR count). The number of aromatic nitrogens is 6. The molecule has 168 valence electrons. The summed E-state index contributed by atoms with van der Waals surface area (Å²) in [5.41, 5.74) is 11.1. The summed E-state index contributed by atoms with van der Waals surface area (Å²) in [5.74, 6) is -0.608. The third kappa shape index (κ3) is 4.08. The normalized spacial score (nSPS) is 14.5. The number of aryl methyl sites for hydroxylation is 1. The Hall–Kier alpha value is -4.05. The van der Waals surface area contributed by atoms with Crippen molar-refractivity contribution in [1.82, 2.24) is 34.8 Å². The van der Waals surface area contributed by atoms with Crippen molar-refractivity contribution in [2.75, 3.05) is 38.1 Å². The number of rotatable bonds is 5. The molecule has 0 aliphatic carbocycles. The molecule has 5 heterocycles. The number of nitrogens with one attached hydrogen (secondary N) is 1. The highest BCUT2D eigenvalue weighted by Gasteiger charge is 2.21. The molecule has 0 bridgehead atoms. The summed E-state index contributed by atoms with van der Waals surface area (Å²) in [6.07, 6.45) is 7.10. The predicted octanol–water partition coefficient (Wildman–Crippen LogP) is 1.78. The first kappa shape index (κ1) is 20.8. The van der Waals surface area contributed by atoms with Gasteiger partial charge in [0.05, 0.1) is 29.5 Å². The Kier molecular flexibility index (Phi) is 5.35. The number of carbonyl (C=O) groups excluding carboxylic acids is 1. The van der Waals surface area contributed by atoms with Gasteiger partial charge >= 0.3 is 0 Å². The van der Waals surface area contributed by atoms with Gasteiger partial charge in [-0.05, 0) is 31.3 Å². The van der Waals surface area contributed by atoms with E-state index < -0.39 is 5.91 Å². The van der Waals surface area contributed by atoms with Gasteiger partial charge in [-0.1, -0.05) is 0 Å². The zero-order valence-corrected chi connectivity index (χ0v) is 18.6. The van der Waals surface area contributed by atoms with Crippen LogP contribution in [0.3, 0.4) is 0 Å². The average molecular weight is 444 g/mol. The molecule has 33 heavy (non-hydrogen) atoms. The van der Waals surface area contributed by atoms with Gasteiger partial charge in [-0.3, -0.25) is 19.6 Å². The molecule has 10 nitrogen and oxygen atoms in total. The Morgan fingerprint density at radius 2 is 1.79 bits per heavy atom. The molecule has 10 heteroatoms. The molecule has 3 N–H and O–H groups in total. The minimum absolute atomic E-state index is 0.178. The highest BCUT2D eigenvalue weighted by molar-refractivity contribution is 6.00. The molecule has 0 radical (unpaired) electrons. The van der Waals surface area contributed by atoms with Crippen LogP contribution in [-0.2, 0) is 7.05 Å². The standard InChI is InChI=1S/C23H25N9O/c1-30-7-9-32(10-8-30)16-3-5-20(25-13-16)21-18(14-31(2)29-21)17-4-6-19(15-11-26-27-12-15)28-22(17)23(24)33/h3-6,11-14H,7-10H2,1-2H3,(H2,24,33)(H,26,27). The second-order valence-electron chi connectivity index (χ2n) is 8.20. The summed E-state index contributed by atoms with van der Waals surface area (Å²) in [7, 11) is 3.97. The van der Waals surface area contributed by atoms with Crippen molar-refractivity contribution in [1.29, 1.82) is 0 Å². The highest BCUT2D eigenvalue weighted by Crippen LogP contribution is 2.33. The Morgan fingerprint density at radius 1 is 1.00 bits per heavy atom. The fourth-order valence-electron chi connectivity index (χ4n) is 4.07. The van der Waals surface area contributed by atoms with Crippen molar-refractivity contribution in [3.8, 4) is 33.8 Å². The van der Waals surface area contributed by atoms with Gasteiger partial charge in [0.1, 0.15) is 11.4 Å². The van der Waals surface area contributed by atoms with Gasteiger partial charge in [0.25, 0.3) is 5.91 Å². The second kappa shape index (κ2) is 8.47. The van der Waals surface area contributed by atoms with Crippen molar-refractivity contribution in [2.45, 2.75) is 0 Å². The number of likely N-dealkylation sites (N-methyl/N-ethyl adjacent to an activating group) is 1. The summed E-state index contributed by atoms with van der Waals surface area (Å²) < 4.78 is 1.70. The Bertz CT molecular complexity index is 1270. The number of pyridine rings is 2. The lowest BCUT2D eigenvalue weighted by Gasteiger charge is -2.33. The molecular weight excluding hydrogens is 418 g/mol. The van der Waals surface area contributed by atoms with Gasteiger partial charge in [0, 0.05) is 62.3 Å². The van der Waals surface area contributed by atoms with E-state index in [1.165, 1.54) is 0 Å². The summed E-state index contributed by atoms with van der Waals surface area (Å²) in [6.45, 7) is 4.01. The quantitative estimate of drug-likeness (QED) is 0.482. The number of piperazine rings is 1. The number of amides is 1. The Morgan fingerprint density at radius 3 is 2.45 bits per heavy atom. The molecule has 4 aromatic rings. The molecule has 4 aromatic heterocycles. The van der Waals surface area contributed by atoms with Crippen molar-refractivity contribution >= 4 is 11.6 Å². The molecule has 0 unspecified atom stereocenters. The largest absolute Gasteiger partial charge is 0.368 e. The molecule has 0 saturated carbocycles. The van der Waals surface area contributed by atoms with Crippen LogP contribution >= 0.6 is 0 Å². The van der Waals surface area contributed by atoms with E-state index in [4.69, 9.17) is 10.7 Å². The molecule has 0 aromatic carbocycles. The number of nitrogens with zero attached hydrogens (tertiary/aromatic N) is 7. The van der Waals surface area contributed by atoms with Crippen molar-refractivity contribution < 1.29 is 4.79 Å². The van der Waals surface area contributed by atoms with E-state index >= 15 is 0 Å². The average Bonchev–Trinajstić information content (AvgIpc) is 3.49. The lowest BCUT2D eigenvalue weighted by molar-refractivity contribution is 0.0996. The molecule has 1 saturated heterocycles. The smallest absolute Gasteiger partial charge is 0.267 e. The zero-order valence-electron chi connectivity index (χ0n) is 18.6. The number of carbonyl (C=O) groups is 1. The SMILES string of the molecule is CN1CCN(c2ccc(-c3nn(C)cc3-c3ccc(-c4cn[nH]c4)nc3C(N)=O)nc2)CC1. The Labute approximate surface area is 191 Å². The van der Waals surface area contributed by atoms with Crippen molar-refractivity contribution in [3.05, 3.63) is 54.7 Å². The van der Waals surface area contributed by atoms with E-state index in [2.05, 4.69) is 43.2 Å². The van der Waals surface area contributed by atoms with Crippen LogP contribution in [0, 0.1) is 0 Å². The maximum atomic E-state index is 12.3. The van der Waals surface area contributed by atoms with E-state index in [1.807, 2.05) is 37.6 Å². The van der Waals surface area contributed by atoms with E-state index in [0.29, 0.717) is 17.0 Å². The zero-order chi connectivity index (χ0) is 22.9. The fourth-order valence-corrected chi connectivity index (χ4v) is 4.07. The second-order valence-corrected chi connectivity index (χ2v) is 8.20. The lowest BCUT2D eigenvalue weighted by atomic mass is 10.0. The van der Waals surface area contributed by atoms with Gasteiger partial charge < -0.3 is 15.5 Å². The topological polar surface area (TPSA) is 122 Å². The fraction of sp³-hybridized carbons (Fsp3) is 0.261. The van der Waals surface area contributed by atoms with Crippen LogP contribution in [-0.4, -0.2) is 74.0 Å². The summed E-state index contributed by atoms with van der Waals surface area (Å²) >= 11 is 0. The van der Waals surface area contributed by atoms with Crippen LogP contribution < -0.4 is 10.6 Å². The minimum Gasteiger partial charge on any atom is -0.368 e. The molecule has 1 aliphatic heterocycles. The van der Waals surface area contributed by atoms with E-state index in [9.17, 15) is 4.79 Å². The number of hydrogen-bond acceptors (Lipinski definition) is 7. The monoisotopic (exact) mass is 443 g/mol. The van der Waals surface area contributed by atoms with Crippen LogP contribution in [0.4, 0.5) is 5.69 Å². The van der Waals surface area contributed by atoms with Gasteiger partial charge in [-0.15, -0.1) is 0 Å². The van der Waals surface area contributed by atoms with E-state index in [-0.39, 0.29) is 5.69 Å². The maximum absolute atomic E-state index is 12.3. The minimum atomic E-state index is -0.608. The number of nitrogens with two attached hydrogens (primary N) is 1. The first-order valence-corrected chi connectivity index (χ1v) is 10.7. The first-order valence-electron chi connectivity index (χ1n) is 10.7. The van der Waals surface area contributed by atoms with Crippen molar-refractivity contribution in [2.24, 2.45) is 12.8 Å². The van der Waals surface area contributed by atoms with Crippen LogP contribution in [0.2, 0.25) is 0 Å². The molecule has 1 fully saturated rings. The molecule has 1 amide bonds. The van der Waals surface area contributed by atoms with Crippen LogP contribution in [0.1, 0.15) is 10.5 Å². The third-order valence-corrected chi connectivity index (χ3v) is 5.90. The number of anilines is 1. The summed E-state index contributed by atoms with van der Waals surface area (Å²) in [6, 6.07) is 7.72. The molecule has 1 aliphatic rings. The highest BCUT2D eigenvalue weighted by atomic mass is 16.1. The molecule has 0 spiro atoms. The Balaban J connectivity index is 1.51. The van der Waals surface area contributed by atoms with E-state index in [0.717, 1.165) is 48.7 Å². The number of primary amides is 1. The van der Waals surface area contributed by atoms with Gasteiger partial charge in [0.15, 0.2) is 0 Å². The lowest BCUT2D eigenvalue weighted by Crippen LogP contribution is -2.44. The van der Waals surface area contributed by atoms with Crippen LogP contribution in [0.5, 0.6) is 0 Å².